The van der Waals surface area contributed by atoms with Crippen LogP contribution in [0.3, 0.4) is 0 Å². The molecule has 19 heavy (non-hydrogen) atoms. The van der Waals surface area contributed by atoms with Gasteiger partial charge in [-0.25, -0.2) is 8.42 Å². The summed E-state index contributed by atoms with van der Waals surface area (Å²) >= 11 is 0. The lowest BCUT2D eigenvalue weighted by Gasteiger charge is -2.11. The summed E-state index contributed by atoms with van der Waals surface area (Å²) in [5, 5.41) is 7.27. The normalized spacial score (nSPS) is 12.9. The van der Waals surface area contributed by atoms with Crippen molar-refractivity contribution in [2.24, 2.45) is 5.73 Å². The van der Waals surface area contributed by atoms with Crippen LogP contribution in [0.2, 0.25) is 0 Å². The van der Waals surface area contributed by atoms with Crippen molar-refractivity contribution < 1.29 is 23.1 Å². The van der Waals surface area contributed by atoms with E-state index in [0.717, 1.165) is 6.92 Å². The predicted octanol–water partition coefficient (Wildman–Crippen LogP) is 0.482. The Morgan fingerprint density at radius 3 is 2.37 bits per heavy atom. The Bertz CT molecular complexity index is 621. The number of carboxylic acids is 1. The fourth-order valence-electron chi connectivity index (χ4n) is 1.51. The molecule has 3 N–H and O–H groups in total. The van der Waals surface area contributed by atoms with E-state index in [-0.39, 0.29) is 11.3 Å². The van der Waals surface area contributed by atoms with E-state index in [9.17, 15) is 18.0 Å². The number of sulfone groups is 1. The van der Waals surface area contributed by atoms with Gasteiger partial charge in [0.1, 0.15) is 0 Å². The summed E-state index contributed by atoms with van der Waals surface area (Å²) < 4.78 is 23.7. The van der Waals surface area contributed by atoms with Crippen molar-refractivity contribution in [3.63, 3.8) is 0 Å². The number of aliphatic carboxylic acids is 1. The van der Waals surface area contributed by atoms with Crippen molar-refractivity contribution in [1.82, 2.24) is 0 Å². The SMILES string of the molecule is Cc1cc(C(N)=O)ccc1CS(=O)(=O)C(C)C(=O)O. The number of carbonyl (C=O) groups excluding carboxylic acids is 1. The van der Waals surface area contributed by atoms with Crippen molar-refractivity contribution in [2.75, 3.05) is 0 Å². The number of benzene rings is 1. The second kappa shape index (κ2) is 5.40. The number of carboxylic acid groups (broad SMARTS) is 1. The van der Waals surface area contributed by atoms with E-state index < -0.39 is 27.0 Å². The highest BCUT2D eigenvalue weighted by Gasteiger charge is 2.28. The van der Waals surface area contributed by atoms with Gasteiger partial charge in [-0.1, -0.05) is 6.07 Å². The first-order valence-corrected chi connectivity index (χ1v) is 7.20. The van der Waals surface area contributed by atoms with Crippen LogP contribution in [0.5, 0.6) is 0 Å². The topological polar surface area (TPSA) is 115 Å². The Morgan fingerprint density at radius 1 is 1.37 bits per heavy atom. The molecule has 1 aromatic rings. The highest BCUT2D eigenvalue weighted by atomic mass is 32.2. The molecule has 0 radical (unpaired) electrons. The minimum Gasteiger partial charge on any atom is -0.480 e. The summed E-state index contributed by atoms with van der Waals surface area (Å²) in [5.74, 6) is -2.37. The number of amides is 1. The minimum atomic E-state index is -3.78. The van der Waals surface area contributed by atoms with Gasteiger partial charge in [0.2, 0.25) is 5.91 Å². The van der Waals surface area contributed by atoms with Crippen LogP contribution in [0.15, 0.2) is 18.2 Å². The van der Waals surface area contributed by atoms with Gasteiger partial charge in [0.25, 0.3) is 0 Å². The van der Waals surface area contributed by atoms with Gasteiger partial charge in [0, 0.05) is 5.56 Å². The molecule has 0 saturated heterocycles. The van der Waals surface area contributed by atoms with E-state index in [1.807, 2.05) is 0 Å². The summed E-state index contributed by atoms with van der Waals surface area (Å²) in [6.45, 7) is 2.77. The lowest BCUT2D eigenvalue weighted by atomic mass is 10.1. The molecule has 104 valence electrons. The van der Waals surface area contributed by atoms with Gasteiger partial charge in [-0.15, -0.1) is 0 Å². The number of primary amides is 1. The number of carbonyl (C=O) groups is 2. The average Bonchev–Trinajstić information content (AvgIpc) is 2.30. The summed E-state index contributed by atoms with van der Waals surface area (Å²) in [6, 6.07) is 4.38. The van der Waals surface area contributed by atoms with Crippen LogP contribution >= 0.6 is 0 Å². The monoisotopic (exact) mass is 285 g/mol. The largest absolute Gasteiger partial charge is 0.480 e. The van der Waals surface area contributed by atoms with E-state index >= 15 is 0 Å². The number of aryl methyl sites for hydroxylation is 1. The van der Waals surface area contributed by atoms with Crippen LogP contribution in [0.25, 0.3) is 0 Å². The third-order valence-corrected chi connectivity index (χ3v) is 4.86. The summed E-state index contributed by atoms with van der Waals surface area (Å²) in [7, 11) is -3.78. The van der Waals surface area contributed by atoms with Gasteiger partial charge in [0.05, 0.1) is 5.75 Å². The molecule has 1 aromatic carbocycles. The highest BCUT2D eigenvalue weighted by molar-refractivity contribution is 7.91. The number of hydrogen-bond acceptors (Lipinski definition) is 4. The first kappa shape index (κ1) is 15.2. The van der Waals surface area contributed by atoms with Crippen LogP contribution in [-0.4, -0.2) is 30.7 Å². The molecule has 0 bridgehead atoms. The fourth-order valence-corrected chi connectivity index (χ4v) is 2.82. The second-order valence-corrected chi connectivity index (χ2v) is 6.61. The minimum absolute atomic E-state index is 0.282. The third kappa shape index (κ3) is 3.54. The molecule has 1 unspecified atom stereocenters. The smallest absolute Gasteiger partial charge is 0.321 e. The molecular weight excluding hydrogens is 270 g/mol. The number of rotatable bonds is 5. The lowest BCUT2D eigenvalue weighted by Crippen LogP contribution is -2.28. The summed E-state index contributed by atoms with van der Waals surface area (Å²) in [4.78, 5) is 21.7. The number of hydrogen-bond donors (Lipinski definition) is 2. The molecule has 0 aliphatic rings. The Kier molecular flexibility index (Phi) is 4.31. The van der Waals surface area contributed by atoms with E-state index in [2.05, 4.69) is 0 Å². The summed E-state index contributed by atoms with van der Waals surface area (Å²) in [5.41, 5.74) is 6.43. The van der Waals surface area contributed by atoms with Gasteiger partial charge in [-0.3, -0.25) is 9.59 Å². The van der Waals surface area contributed by atoms with Crippen molar-refractivity contribution in [3.8, 4) is 0 Å². The Labute approximate surface area is 111 Å². The van der Waals surface area contributed by atoms with E-state index in [4.69, 9.17) is 10.8 Å². The van der Waals surface area contributed by atoms with Gasteiger partial charge >= 0.3 is 5.97 Å². The quantitative estimate of drug-likeness (QED) is 0.816. The molecule has 0 fully saturated rings. The molecule has 0 saturated carbocycles. The maximum Gasteiger partial charge on any atom is 0.321 e. The van der Waals surface area contributed by atoms with E-state index in [0.29, 0.717) is 11.1 Å². The van der Waals surface area contributed by atoms with Crippen molar-refractivity contribution in [2.45, 2.75) is 24.9 Å². The van der Waals surface area contributed by atoms with Crippen molar-refractivity contribution in [1.29, 1.82) is 0 Å². The molecule has 1 atom stereocenters. The van der Waals surface area contributed by atoms with Crippen molar-refractivity contribution in [3.05, 3.63) is 34.9 Å². The standard InChI is InChI=1S/C12H15NO5S/c1-7-5-9(11(13)14)3-4-10(7)6-19(17,18)8(2)12(15)16/h3-5,8H,6H2,1-2H3,(H2,13,14)(H,15,16). The Hall–Kier alpha value is -1.89. The zero-order valence-electron chi connectivity index (χ0n) is 10.6. The molecule has 1 rings (SSSR count). The number of nitrogens with two attached hydrogens (primary N) is 1. The predicted molar refractivity (Wildman–Crippen MR) is 69.4 cm³/mol. The van der Waals surface area contributed by atoms with Gasteiger partial charge < -0.3 is 10.8 Å². The van der Waals surface area contributed by atoms with Crippen LogP contribution < -0.4 is 5.73 Å². The van der Waals surface area contributed by atoms with E-state index in [1.165, 1.54) is 18.2 Å². The van der Waals surface area contributed by atoms with Crippen LogP contribution in [0.1, 0.15) is 28.4 Å². The van der Waals surface area contributed by atoms with Gasteiger partial charge in [0.15, 0.2) is 15.1 Å². The zero-order valence-corrected chi connectivity index (χ0v) is 11.4. The van der Waals surface area contributed by atoms with Gasteiger partial charge in [-0.2, -0.15) is 0 Å². The zero-order chi connectivity index (χ0) is 14.8. The molecule has 0 spiro atoms. The molecule has 0 aliphatic heterocycles. The first-order valence-electron chi connectivity index (χ1n) is 5.49. The lowest BCUT2D eigenvalue weighted by molar-refractivity contribution is -0.136. The third-order valence-electron chi connectivity index (χ3n) is 2.87. The molecule has 6 nitrogen and oxygen atoms in total. The van der Waals surface area contributed by atoms with Crippen LogP contribution in [0, 0.1) is 6.92 Å². The fraction of sp³-hybridized carbons (Fsp3) is 0.333. The average molecular weight is 285 g/mol. The first-order chi connectivity index (χ1) is 8.65. The molecule has 0 heterocycles. The second-order valence-electron chi connectivity index (χ2n) is 4.29. The van der Waals surface area contributed by atoms with Crippen LogP contribution in [-0.2, 0) is 20.4 Å². The van der Waals surface area contributed by atoms with Crippen molar-refractivity contribution >= 4 is 21.7 Å². The molecule has 0 aromatic heterocycles. The van der Waals surface area contributed by atoms with Gasteiger partial charge in [-0.05, 0) is 37.1 Å². The van der Waals surface area contributed by atoms with Crippen LogP contribution in [0.4, 0.5) is 0 Å². The maximum atomic E-state index is 11.8. The molecule has 1 amide bonds. The maximum absolute atomic E-state index is 11.8. The summed E-state index contributed by atoms with van der Waals surface area (Å²) in [6.07, 6.45) is 0. The Morgan fingerprint density at radius 2 is 1.95 bits per heavy atom. The Balaban J connectivity index is 3.07. The molecular formula is C12H15NO5S. The molecule has 0 aliphatic carbocycles. The van der Waals surface area contributed by atoms with E-state index in [1.54, 1.807) is 6.92 Å². The highest BCUT2D eigenvalue weighted by Crippen LogP contribution is 2.17. The molecule has 7 heteroatoms.